The van der Waals surface area contributed by atoms with Crippen molar-refractivity contribution in [1.29, 1.82) is 0 Å². The maximum Gasteiger partial charge on any atom is 0.407 e. The van der Waals surface area contributed by atoms with Crippen LogP contribution in [-0.2, 0) is 30.3 Å². The molecule has 0 aliphatic rings. The average molecular weight is 434 g/mol. The van der Waals surface area contributed by atoms with Gasteiger partial charge in [-0.05, 0) is 30.7 Å². The molecule has 0 bridgehead atoms. The van der Waals surface area contributed by atoms with E-state index >= 15 is 0 Å². The highest BCUT2D eigenvalue weighted by atomic mass is 16.6. The van der Waals surface area contributed by atoms with Crippen molar-refractivity contribution >= 4 is 23.4 Å². The zero-order chi connectivity index (χ0) is 23.2. The molecule has 0 aliphatic carbocycles. The average Bonchev–Trinajstić information content (AvgIpc) is 2.73. The number of alkyl carbamates (subject to hydrolysis) is 1. The molecule has 0 saturated carbocycles. The van der Waals surface area contributed by atoms with Gasteiger partial charge in [0, 0.05) is 25.9 Å². The molecule has 1 unspecified atom stereocenters. The van der Waals surface area contributed by atoms with Gasteiger partial charge in [0.15, 0.2) is 11.6 Å². The summed E-state index contributed by atoms with van der Waals surface area (Å²) >= 11 is 0. The molecule has 0 fully saturated rings. The molecule has 0 heterocycles. The van der Waals surface area contributed by atoms with Crippen molar-refractivity contribution in [2.45, 2.75) is 58.9 Å². The Balaban J connectivity index is 2.94. The Bertz CT molecular complexity index is 716. The molecule has 31 heavy (non-hydrogen) atoms. The second-order valence-corrected chi connectivity index (χ2v) is 8.05. The zero-order valence-corrected chi connectivity index (χ0v) is 19.0. The van der Waals surface area contributed by atoms with E-state index in [9.17, 15) is 19.2 Å². The van der Waals surface area contributed by atoms with E-state index in [1.165, 1.54) is 7.11 Å². The van der Waals surface area contributed by atoms with Gasteiger partial charge in [0.25, 0.3) is 0 Å². The first kappa shape index (κ1) is 26.5. The molecule has 1 aromatic carbocycles. The fraction of sp³-hybridized carbons (Fsp3) is 0.583. The molecule has 7 heteroatoms. The van der Waals surface area contributed by atoms with Crippen LogP contribution in [0.2, 0.25) is 0 Å². The number of ether oxygens (including phenoxy) is 2. The van der Waals surface area contributed by atoms with E-state index in [0.29, 0.717) is 19.3 Å². The van der Waals surface area contributed by atoms with Gasteiger partial charge in [-0.3, -0.25) is 14.4 Å². The number of hydrogen-bond donors (Lipinski definition) is 1. The minimum atomic E-state index is -0.789. The lowest BCUT2D eigenvalue weighted by Crippen LogP contribution is -2.43. The molecule has 172 valence electrons. The van der Waals surface area contributed by atoms with E-state index in [-0.39, 0.29) is 37.8 Å². The van der Waals surface area contributed by atoms with Crippen molar-refractivity contribution in [2.24, 2.45) is 11.8 Å². The van der Waals surface area contributed by atoms with Crippen LogP contribution in [0.15, 0.2) is 30.3 Å². The maximum atomic E-state index is 13.1. The summed E-state index contributed by atoms with van der Waals surface area (Å²) in [5, 5.41) is 2.61. The fourth-order valence-corrected chi connectivity index (χ4v) is 3.26. The Morgan fingerprint density at radius 3 is 2.29 bits per heavy atom. The van der Waals surface area contributed by atoms with Crippen LogP contribution in [0, 0.1) is 11.8 Å². The predicted octanol–water partition coefficient (Wildman–Crippen LogP) is 3.53. The minimum Gasteiger partial charge on any atom is -0.447 e. The highest BCUT2D eigenvalue weighted by Crippen LogP contribution is 2.19. The quantitative estimate of drug-likeness (QED) is 0.336. The van der Waals surface area contributed by atoms with Crippen LogP contribution < -0.4 is 5.32 Å². The maximum absolute atomic E-state index is 13.1. The van der Waals surface area contributed by atoms with Gasteiger partial charge in [0.2, 0.25) is 5.78 Å². The molecule has 0 aliphatic heterocycles. The molecule has 1 rings (SSSR count). The normalized spacial score (nSPS) is 12.8. The van der Waals surface area contributed by atoms with Crippen LogP contribution in [0.25, 0.3) is 0 Å². The van der Waals surface area contributed by atoms with E-state index in [1.54, 1.807) is 0 Å². The highest BCUT2D eigenvalue weighted by Gasteiger charge is 2.31. The zero-order valence-electron chi connectivity index (χ0n) is 19.0. The molecule has 1 N–H and O–H groups in total. The highest BCUT2D eigenvalue weighted by molar-refractivity contribution is 6.38. The second kappa shape index (κ2) is 14.5. The summed E-state index contributed by atoms with van der Waals surface area (Å²) in [7, 11) is 1.50. The lowest BCUT2D eigenvalue weighted by molar-refractivity contribution is -0.140. The minimum absolute atomic E-state index is 0.0750. The van der Waals surface area contributed by atoms with Gasteiger partial charge in [0.05, 0.1) is 12.6 Å². The number of ketones is 3. The van der Waals surface area contributed by atoms with E-state index < -0.39 is 29.6 Å². The summed E-state index contributed by atoms with van der Waals surface area (Å²) < 4.78 is 9.86. The molecule has 0 aromatic heterocycles. The van der Waals surface area contributed by atoms with Gasteiger partial charge in [-0.25, -0.2) is 4.79 Å². The van der Waals surface area contributed by atoms with Gasteiger partial charge < -0.3 is 14.8 Å². The molecule has 2 atom stereocenters. The van der Waals surface area contributed by atoms with Gasteiger partial charge in [-0.15, -0.1) is 0 Å². The monoisotopic (exact) mass is 433 g/mol. The number of methoxy groups -OCH3 is 1. The second-order valence-electron chi connectivity index (χ2n) is 8.05. The molecular weight excluding hydrogens is 398 g/mol. The molecule has 0 radical (unpaired) electrons. The van der Waals surface area contributed by atoms with Gasteiger partial charge in [-0.1, -0.05) is 51.1 Å². The summed E-state index contributed by atoms with van der Waals surface area (Å²) in [6.07, 6.45) is 0.628. The Morgan fingerprint density at radius 1 is 1.03 bits per heavy atom. The third kappa shape index (κ3) is 10.4. The van der Waals surface area contributed by atoms with E-state index in [4.69, 9.17) is 9.47 Å². The van der Waals surface area contributed by atoms with Crippen molar-refractivity contribution < 1.29 is 28.7 Å². The number of carbonyl (C=O) groups is 4. The van der Waals surface area contributed by atoms with Crippen LogP contribution >= 0.6 is 0 Å². The number of carbonyl (C=O) groups excluding carboxylic acids is 4. The largest absolute Gasteiger partial charge is 0.447 e. The first-order chi connectivity index (χ1) is 14.8. The molecule has 0 saturated heterocycles. The van der Waals surface area contributed by atoms with E-state index in [1.807, 2.05) is 51.1 Å². The number of benzene rings is 1. The van der Waals surface area contributed by atoms with Crippen LogP contribution in [-0.4, -0.2) is 49.8 Å². The van der Waals surface area contributed by atoms with E-state index in [2.05, 4.69) is 5.32 Å². The third-order valence-corrected chi connectivity index (χ3v) is 4.80. The van der Waals surface area contributed by atoms with Crippen LogP contribution in [0.1, 0.15) is 52.0 Å². The summed E-state index contributed by atoms with van der Waals surface area (Å²) in [6, 6.07) is 8.52. The predicted molar refractivity (Wildman–Crippen MR) is 118 cm³/mol. The van der Waals surface area contributed by atoms with Gasteiger partial charge >= 0.3 is 6.09 Å². The summed E-state index contributed by atoms with van der Waals surface area (Å²) in [5.41, 5.74) is 0.880. The van der Waals surface area contributed by atoms with Crippen molar-refractivity contribution in [3.63, 3.8) is 0 Å². The Hall–Kier alpha value is -2.54. The number of nitrogens with one attached hydrogen (secondary N) is 1. The molecule has 0 spiro atoms. The summed E-state index contributed by atoms with van der Waals surface area (Å²) in [6.45, 7) is 6.04. The lowest BCUT2D eigenvalue weighted by Gasteiger charge is -2.22. The molecule has 1 amide bonds. The third-order valence-electron chi connectivity index (χ3n) is 4.80. The number of rotatable bonds is 15. The number of Topliss-reactive ketones (excluding diaryl/α,β-unsaturated/α-hetero) is 3. The standard InChI is InChI=1S/C24H35NO6/c1-5-9-21(26)23(28)19(15-18-10-7-6-8-11-18)16-22(27)20(14-17(2)3)25-24(29)31-13-12-30-4/h6-8,10-11,17,19-20H,5,9,12-16H2,1-4H3,(H,25,29)/t19?,20-/m0/s1. The van der Waals surface area contributed by atoms with Gasteiger partial charge in [-0.2, -0.15) is 0 Å². The molecule has 7 nitrogen and oxygen atoms in total. The Kier molecular flexibility index (Phi) is 12.4. The fourth-order valence-electron chi connectivity index (χ4n) is 3.26. The van der Waals surface area contributed by atoms with Crippen LogP contribution in [0.5, 0.6) is 0 Å². The summed E-state index contributed by atoms with van der Waals surface area (Å²) in [4.78, 5) is 50.2. The topological polar surface area (TPSA) is 98.8 Å². The van der Waals surface area contributed by atoms with Crippen molar-refractivity contribution in [3.05, 3.63) is 35.9 Å². The SMILES string of the molecule is CCCC(=O)C(=O)C(CC(=O)[C@H](CC(C)C)NC(=O)OCCOC)Cc1ccccc1. The van der Waals surface area contributed by atoms with E-state index in [0.717, 1.165) is 5.56 Å². The Morgan fingerprint density at radius 2 is 1.71 bits per heavy atom. The van der Waals surface area contributed by atoms with Crippen LogP contribution in [0.4, 0.5) is 4.79 Å². The van der Waals surface area contributed by atoms with Crippen molar-refractivity contribution in [3.8, 4) is 0 Å². The first-order valence-corrected chi connectivity index (χ1v) is 10.8. The number of hydrogen-bond acceptors (Lipinski definition) is 6. The van der Waals surface area contributed by atoms with Crippen molar-refractivity contribution in [2.75, 3.05) is 20.3 Å². The van der Waals surface area contributed by atoms with Crippen molar-refractivity contribution in [1.82, 2.24) is 5.32 Å². The first-order valence-electron chi connectivity index (χ1n) is 10.8. The van der Waals surface area contributed by atoms with Gasteiger partial charge in [0.1, 0.15) is 6.61 Å². The Labute approximate surface area is 184 Å². The van der Waals surface area contributed by atoms with Crippen LogP contribution in [0.3, 0.4) is 0 Å². The summed E-state index contributed by atoms with van der Waals surface area (Å²) in [5.74, 6) is -1.88. The molecular formula is C24H35NO6. The molecule has 1 aromatic rings. The lowest BCUT2D eigenvalue weighted by atomic mass is 9.85. The number of amides is 1. The smallest absolute Gasteiger partial charge is 0.407 e.